The van der Waals surface area contributed by atoms with Crippen LogP contribution in [0, 0.1) is 40.4 Å². The zero-order valence-corrected chi connectivity index (χ0v) is 24.2. The Balaban J connectivity index is 0.00000172. The third kappa shape index (κ3) is 5.60. The summed E-state index contributed by atoms with van der Waals surface area (Å²) in [5, 5.41) is 12.4. The first-order chi connectivity index (χ1) is 18.5. The normalized spacial score (nSPS) is 35.5. The van der Waals surface area contributed by atoms with Crippen LogP contribution in [0.3, 0.4) is 0 Å². The number of halogens is 3. The first-order valence-electron chi connectivity index (χ1n) is 14.0. The summed E-state index contributed by atoms with van der Waals surface area (Å²) in [7, 11) is 0. The van der Waals surface area contributed by atoms with Crippen molar-refractivity contribution in [2.24, 2.45) is 40.4 Å². The highest BCUT2D eigenvalue weighted by atomic mass is 32.8. The summed E-state index contributed by atoms with van der Waals surface area (Å²) in [5.74, 6) is 1.63. The average Bonchev–Trinajstić information content (AvgIpc) is 3.26. The number of fused-ring (bicyclic) bond motifs is 5. The van der Waals surface area contributed by atoms with Gasteiger partial charge in [0.15, 0.2) is 5.78 Å². The lowest BCUT2D eigenvalue weighted by Crippen LogP contribution is -2.53. The number of ketones is 1. The predicted molar refractivity (Wildman–Crippen MR) is 150 cm³/mol. The highest BCUT2D eigenvalue weighted by Crippen LogP contribution is 2.68. The number of carbonyl (C=O) groups excluding carboxylic acids is 2. The van der Waals surface area contributed by atoms with E-state index in [2.05, 4.69) is 41.5 Å². The molecule has 2 N–H and O–H groups in total. The summed E-state index contributed by atoms with van der Waals surface area (Å²) in [5.41, 5.74) is 0.821. The van der Waals surface area contributed by atoms with Crippen molar-refractivity contribution < 1.29 is 27.9 Å². The molecule has 3 fully saturated rings. The first-order valence-corrected chi connectivity index (χ1v) is 15.3. The van der Waals surface area contributed by atoms with Crippen LogP contribution in [0.2, 0.25) is 0 Å². The molecular weight excluding hydrogens is 543 g/mol. The lowest BCUT2D eigenvalue weighted by molar-refractivity contribution is -0.137. The van der Waals surface area contributed by atoms with E-state index in [-0.39, 0.29) is 35.0 Å². The third-order valence-electron chi connectivity index (χ3n) is 10.6. The summed E-state index contributed by atoms with van der Waals surface area (Å²) in [4.78, 5) is 25.8. The van der Waals surface area contributed by atoms with Gasteiger partial charge in [-0.25, -0.2) is 0 Å². The zero-order valence-electron chi connectivity index (χ0n) is 22.6. The Labute approximate surface area is 238 Å². The molecular formula is C30H38F3NO3S2. The number of amides is 1. The molecule has 0 aliphatic heterocycles. The molecule has 7 atom stereocenters. The van der Waals surface area contributed by atoms with Crippen LogP contribution in [-0.2, 0) is 38.1 Å². The second-order valence-electron chi connectivity index (χ2n) is 12.4. The molecule has 0 bridgehead atoms. The Bertz CT molecular complexity index is 1110. The molecule has 5 rings (SSSR count). The molecule has 1 aromatic rings. The number of aliphatic hydroxyl groups excluding tert-OH is 1. The number of anilines is 1. The summed E-state index contributed by atoms with van der Waals surface area (Å²) < 4.78 is 38.8. The first kappa shape index (κ1) is 30.3. The zero-order chi connectivity index (χ0) is 28.6. The minimum atomic E-state index is -4.40. The monoisotopic (exact) mass is 581 g/mol. The highest BCUT2D eigenvalue weighted by Gasteiger charge is 2.61. The lowest BCUT2D eigenvalue weighted by atomic mass is 9.45. The van der Waals surface area contributed by atoms with Crippen LogP contribution in [0.15, 0.2) is 35.9 Å². The Morgan fingerprint density at radius 3 is 2.41 bits per heavy atom. The molecule has 1 aromatic carbocycles. The molecule has 0 saturated heterocycles. The molecule has 39 heavy (non-hydrogen) atoms. The summed E-state index contributed by atoms with van der Waals surface area (Å²) >= 11 is 7.33. The average molecular weight is 582 g/mol. The summed E-state index contributed by atoms with van der Waals surface area (Å²) in [6.07, 6.45) is 5.35. The van der Waals surface area contributed by atoms with Gasteiger partial charge in [-0.3, -0.25) is 9.59 Å². The number of alkyl halides is 3. The van der Waals surface area contributed by atoms with Gasteiger partial charge in [0, 0.05) is 47.0 Å². The maximum atomic E-state index is 13.4. The van der Waals surface area contributed by atoms with E-state index < -0.39 is 11.7 Å². The Hall–Kier alpha value is -1.71. The van der Waals surface area contributed by atoms with Crippen molar-refractivity contribution in [3.05, 3.63) is 41.5 Å². The highest BCUT2D eigenvalue weighted by molar-refractivity contribution is 8.07. The van der Waals surface area contributed by atoms with Crippen LogP contribution in [-0.4, -0.2) is 23.4 Å². The number of hydrogen-bond acceptors (Lipinski definition) is 5. The van der Waals surface area contributed by atoms with Gasteiger partial charge in [0.2, 0.25) is 5.91 Å². The number of aliphatic hydroxyl groups is 1. The standard InChI is InChI=1S/C30H38F3NO3.S2/c1-28-14-12-24-22(16-18(4-3-15-35)26-17-21(36)11-13-29(24,26)2)23(28)9-10-25(28)27(37)34-20-7-5-19(6-8-20)30(31,32)33;1-2/h5-8,17-18,22-25,35H,3-4,9-16H2,1-2H3,(H,34,37);/t18?,22?,23?,24?,25-,28+,29-;/m1./s1. The van der Waals surface area contributed by atoms with Crippen LogP contribution in [0.1, 0.15) is 77.2 Å². The Morgan fingerprint density at radius 2 is 1.77 bits per heavy atom. The van der Waals surface area contributed by atoms with Gasteiger partial charge in [-0.05, 0) is 116 Å². The molecule has 3 saturated carbocycles. The largest absolute Gasteiger partial charge is 0.416 e. The number of hydrogen-bond donors (Lipinski definition) is 2. The molecule has 4 aliphatic carbocycles. The van der Waals surface area contributed by atoms with E-state index in [1.54, 1.807) is 0 Å². The number of benzene rings is 1. The molecule has 0 aromatic heterocycles. The van der Waals surface area contributed by atoms with Gasteiger partial charge in [0.1, 0.15) is 0 Å². The number of rotatable bonds is 5. The van der Waals surface area contributed by atoms with Crippen molar-refractivity contribution in [3.63, 3.8) is 0 Å². The van der Waals surface area contributed by atoms with Crippen molar-refractivity contribution in [2.75, 3.05) is 11.9 Å². The van der Waals surface area contributed by atoms with Crippen molar-refractivity contribution in [2.45, 2.75) is 77.8 Å². The summed E-state index contributed by atoms with van der Waals surface area (Å²) in [6, 6.07) is 4.68. The van der Waals surface area contributed by atoms with Crippen molar-refractivity contribution in [1.82, 2.24) is 0 Å². The second kappa shape index (κ2) is 11.6. The van der Waals surface area contributed by atoms with Crippen molar-refractivity contribution in [3.8, 4) is 0 Å². The number of allylic oxidation sites excluding steroid dienone is 1. The van der Waals surface area contributed by atoms with Crippen LogP contribution < -0.4 is 5.32 Å². The number of carbonyl (C=O) groups is 2. The van der Waals surface area contributed by atoms with Crippen LogP contribution >= 0.6 is 0 Å². The fourth-order valence-corrected chi connectivity index (χ4v) is 8.80. The van der Waals surface area contributed by atoms with Crippen LogP contribution in [0.4, 0.5) is 18.9 Å². The van der Waals surface area contributed by atoms with Gasteiger partial charge in [0.25, 0.3) is 0 Å². The van der Waals surface area contributed by atoms with E-state index in [9.17, 15) is 27.9 Å². The van der Waals surface area contributed by atoms with Gasteiger partial charge >= 0.3 is 6.18 Å². The van der Waals surface area contributed by atoms with E-state index in [0.29, 0.717) is 35.8 Å². The van der Waals surface area contributed by atoms with E-state index in [1.807, 2.05) is 6.08 Å². The SMILES string of the molecule is C[C@]12CCC(=O)C=C1C(CCCO)CC1C2CC[C@@]2(C)C1CC[C@@H]2C(=O)Nc1ccc(C(F)(F)F)cc1.S=S. The molecule has 0 radical (unpaired) electrons. The molecule has 4 unspecified atom stereocenters. The van der Waals surface area contributed by atoms with E-state index in [4.69, 9.17) is 0 Å². The minimum Gasteiger partial charge on any atom is -0.396 e. The summed E-state index contributed by atoms with van der Waals surface area (Å²) in [6.45, 7) is 4.75. The topological polar surface area (TPSA) is 66.4 Å². The smallest absolute Gasteiger partial charge is 0.396 e. The van der Waals surface area contributed by atoms with Gasteiger partial charge < -0.3 is 10.4 Å². The fraction of sp³-hybridized carbons (Fsp3) is 0.667. The molecule has 9 heteroatoms. The van der Waals surface area contributed by atoms with E-state index in [1.165, 1.54) is 17.7 Å². The Morgan fingerprint density at radius 1 is 1.08 bits per heavy atom. The second-order valence-corrected chi connectivity index (χ2v) is 12.4. The number of nitrogens with one attached hydrogen (secondary N) is 1. The van der Waals surface area contributed by atoms with Gasteiger partial charge in [-0.15, -0.1) is 0 Å². The quantitative estimate of drug-likeness (QED) is 0.401. The maximum Gasteiger partial charge on any atom is 0.416 e. The van der Waals surface area contributed by atoms with E-state index in [0.717, 1.165) is 63.5 Å². The molecule has 0 spiro atoms. The Kier molecular flexibility index (Phi) is 9.04. The molecule has 1 amide bonds. The lowest BCUT2D eigenvalue weighted by Gasteiger charge is -2.60. The van der Waals surface area contributed by atoms with Crippen LogP contribution in [0.5, 0.6) is 0 Å². The van der Waals surface area contributed by atoms with Gasteiger partial charge in [-0.1, -0.05) is 19.4 Å². The van der Waals surface area contributed by atoms with E-state index >= 15 is 0 Å². The van der Waals surface area contributed by atoms with Gasteiger partial charge in [0.05, 0.1) is 5.56 Å². The molecule has 4 aliphatic rings. The molecule has 0 heterocycles. The van der Waals surface area contributed by atoms with Gasteiger partial charge in [-0.2, -0.15) is 13.2 Å². The maximum absolute atomic E-state index is 13.4. The minimum absolute atomic E-state index is 0.00114. The molecule has 4 nitrogen and oxygen atoms in total. The van der Waals surface area contributed by atoms with Crippen molar-refractivity contribution in [1.29, 1.82) is 0 Å². The third-order valence-corrected chi connectivity index (χ3v) is 10.6. The fourth-order valence-electron chi connectivity index (χ4n) is 8.80. The van der Waals surface area contributed by atoms with Crippen molar-refractivity contribution >= 4 is 39.8 Å². The molecule has 214 valence electrons. The predicted octanol–water partition coefficient (Wildman–Crippen LogP) is 6.79. The van der Waals surface area contributed by atoms with Crippen LogP contribution in [0.25, 0.3) is 0 Å².